The lowest BCUT2D eigenvalue weighted by molar-refractivity contribution is 0.0594. The van der Waals surface area contributed by atoms with Crippen LogP contribution in [0.5, 0.6) is 0 Å². The van der Waals surface area contributed by atoms with Gasteiger partial charge in [-0.15, -0.1) is 0 Å². The number of methoxy groups -OCH3 is 1. The Morgan fingerprint density at radius 3 is 2.80 bits per heavy atom. The molecular formula is C10H11N3O2. The summed E-state index contributed by atoms with van der Waals surface area (Å²) in [5, 5.41) is 4.24. The van der Waals surface area contributed by atoms with Crippen molar-refractivity contribution < 1.29 is 9.53 Å². The SMILES string of the molecule is COC(=O)c1cc(C)n2nc(C)cc2n1. The van der Waals surface area contributed by atoms with Gasteiger partial charge in [-0.05, 0) is 19.9 Å². The van der Waals surface area contributed by atoms with Crippen LogP contribution < -0.4 is 0 Å². The summed E-state index contributed by atoms with van der Waals surface area (Å²) < 4.78 is 6.31. The monoisotopic (exact) mass is 205 g/mol. The molecule has 0 saturated heterocycles. The highest BCUT2D eigenvalue weighted by Crippen LogP contribution is 2.09. The van der Waals surface area contributed by atoms with Gasteiger partial charge < -0.3 is 4.74 Å². The quantitative estimate of drug-likeness (QED) is 0.655. The highest BCUT2D eigenvalue weighted by atomic mass is 16.5. The third-order valence-electron chi connectivity index (χ3n) is 2.12. The van der Waals surface area contributed by atoms with Crippen LogP contribution >= 0.6 is 0 Å². The summed E-state index contributed by atoms with van der Waals surface area (Å²) in [6.07, 6.45) is 0. The maximum Gasteiger partial charge on any atom is 0.356 e. The average molecular weight is 205 g/mol. The molecule has 0 spiro atoms. The molecule has 0 aliphatic heterocycles. The molecule has 15 heavy (non-hydrogen) atoms. The van der Waals surface area contributed by atoms with Crippen LogP contribution in [0.4, 0.5) is 0 Å². The van der Waals surface area contributed by atoms with E-state index in [4.69, 9.17) is 0 Å². The van der Waals surface area contributed by atoms with Crippen molar-refractivity contribution in [1.82, 2.24) is 14.6 Å². The van der Waals surface area contributed by atoms with Gasteiger partial charge in [-0.1, -0.05) is 0 Å². The Hall–Kier alpha value is -1.91. The first-order valence-corrected chi connectivity index (χ1v) is 4.54. The van der Waals surface area contributed by atoms with Crippen molar-refractivity contribution in [2.24, 2.45) is 0 Å². The summed E-state index contributed by atoms with van der Waals surface area (Å²) in [6.45, 7) is 3.75. The Morgan fingerprint density at radius 2 is 2.13 bits per heavy atom. The Kier molecular flexibility index (Phi) is 2.15. The topological polar surface area (TPSA) is 56.5 Å². The number of ether oxygens (including phenoxy) is 1. The van der Waals surface area contributed by atoms with Gasteiger partial charge in [0.2, 0.25) is 0 Å². The van der Waals surface area contributed by atoms with Gasteiger partial charge in [-0.2, -0.15) is 5.10 Å². The van der Waals surface area contributed by atoms with Crippen LogP contribution in [0.1, 0.15) is 21.9 Å². The standard InChI is InChI=1S/C10H11N3O2/c1-6-4-9-11-8(10(14)15-3)5-7(2)13(9)12-6/h4-5H,1-3H3. The molecule has 2 heterocycles. The van der Waals surface area contributed by atoms with Crippen LogP contribution in [0, 0.1) is 13.8 Å². The molecular weight excluding hydrogens is 194 g/mol. The minimum Gasteiger partial charge on any atom is -0.464 e. The summed E-state index contributed by atoms with van der Waals surface area (Å²) in [6, 6.07) is 3.48. The molecule has 5 nitrogen and oxygen atoms in total. The van der Waals surface area contributed by atoms with E-state index in [1.165, 1.54) is 7.11 Å². The second-order valence-electron chi connectivity index (χ2n) is 3.33. The minimum atomic E-state index is -0.431. The Labute approximate surface area is 86.7 Å². The molecule has 2 aromatic rings. The molecule has 0 amide bonds. The second-order valence-corrected chi connectivity index (χ2v) is 3.33. The first-order valence-electron chi connectivity index (χ1n) is 4.54. The lowest BCUT2D eigenvalue weighted by Crippen LogP contribution is -2.07. The predicted octanol–water partition coefficient (Wildman–Crippen LogP) is 1.13. The van der Waals surface area contributed by atoms with Crippen molar-refractivity contribution in [2.75, 3.05) is 7.11 Å². The van der Waals surface area contributed by atoms with Gasteiger partial charge in [0.1, 0.15) is 0 Å². The summed E-state index contributed by atoms with van der Waals surface area (Å²) in [4.78, 5) is 15.5. The number of carbonyl (C=O) groups excluding carboxylic acids is 1. The van der Waals surface area contributed by atoms with Crippen molar-refractivity contribution in [3.05, 3.63) is 29.2 Å². The zero-order valence-electron chi connectivity index (χ0n) is 8.81. The van der Waals surface area contributed by atoms with Crippen molar-refractivity contribution in [3.8, 4) is 0 Å². The molecule has 2 aromatic heterocycles. The number of carbonyl (C=O) groups is 1. The number of hydrogen-bond donors (Lipinski definition) is 0. The van der Waals surface area contributed by atoms with E-state index in [0.29, 0.717) is 11.3 Å². The third kappa shape index (κ3) is 1.56. The summed E-state index contributed by atoms with van der Waals surface area (Å²) in [5.41, 5.74) is 2.69. The number of hydrogen-bond acceptors (Lipinski definition) is 4. The predicted molar refractivity (Wildman–Crippen MR) is 53.8 cm³/mol. The van der Waals surface area contributed by atoms with Gasteiger partial charge in [-0.25, -0.2) is 14.3 Å². The smallest absolute Gasteiger partial charge is 0.356 e. The molecule has 0 aromatic carbocycles. The van der Waals surface area contributed by atoms with Crippen molar-refractivity contribution in [3.63, 3.8) is 0 Å². The summed E-state index contributed by atoms with van der Waals surface area (Å²) >= 11 is 0. The van der Waals surface area contributed by atoms with Gasteiger partial charge in [0.15, 0.2) is 11.3 Å². The second kappa shape index (κ2) is 3.34. The zero-order chi connectivity index (χ0) is 11.0. The fourth-order valence-corrected chi connectivity index (χ4v) is 1.45. The van der Waals surface area contributed by atoms with Crippen molar-refractivity contribution >= 4 is 11.6 Å². The van der Waals surface area contributed by atoms with Crippen LogP contribution in [-0.2, 0) is 4.74 Å². The molecule has 0 radical (unpaired) electrons. The third-order valence-corrected chi connectivity index (χ3v) is 2.12. The number of rotatable bonds is 1. The van der Waals surface area contributed by atoms with E-state index in [9.17, 15) is 4.79 Å². The van der Waals surface area contributed by atoms with E-state index in [1.54, 1.807) is 10.6 Å². The fourth-order valence-electron chi connectivity index (χ4n) is 1.45. The summed E-state index contributed by atoms with van der Waals surface area (Å²) in [5.74, 6) is -0.431. The first-order chi connectivity index (χ1) is 7.11. The highest BCUT2D eigenvalue weighted by molar-refractivity contribution is 5.87. The Balaban J connectivity index is 2.66. The van der Waals surface area contributed by atoms with Crippen molar-refractivity contribution in [2.45, 2.75) is 13.8 Å². The zero-order valence-corrected chi connectivity index (χ0v) is 8.81. The molecule has 0 N–H and O–H groups in total. The van der Waals surface area contributed by atoms with Gasteiger partial charge in [0.25, 0.3) is 0 Å². The first kappa shape index (κ1) is 9.64. The lowest BCUT2D eigenvalue weighted by Gasteiger charge is -2.02. The molecule has 0 fully saturated rings. The largest absolute Gasteiger partial charge is 0.464 e. The van der Waals surface area contributed by atoms with E-state index < -0.39 is 5.97 Å². The average Bonchev–Trinajstić information content (AvgIpc) is 2.58. The number of aromatic nitrogens is 3. The van der Waals surface area contributed by atoms with Crippen LogP contribution in [0.3, 0.4) is 0 Å². The van der Waals surface area contributed by atoms with Crippen LogP contribution in [0.2, 0.25) is 0 Å². The van der Waals surface area contributed by atoms with Gasteiger partial charge in [0, 0.05) is 11.8 Å². The molecule has 2 rings (SSSR count). The maximum absolute atomic E-state index is 11.3. The van der Waals surface area contributed by atoms with E-state index in [2.05, 4.69) is 14.8 Å². The van der Waals surface area contributed by atoms with Gasteiger partial charge in [-0.3, -0.25) is 0 Å². The molecule has 0 atom stereocenters. The Morgan fingerprint density at radius 1 is 1.40 bits per heavy atom. The lowest BCUT2D eigenvalue weighted by atomic mass is 10.3. The maximum atomic E-state index is 11.3. The molecule has 5 heteroatoms. The number of fused-ring (bicyclic) bond motifs is 1. The van der Waals surface area contributed by atoms with Gasteiger partial charge in [0.05, 0.1) is 12.8 Å². The normalized spacial score (nSPS) is 10.6. The number of esters is 1. The minimum absolute atomic E-state index is 0.308. The van der Waals surface area contributed by atoms with Crippen LogP contribution in [-0.4, -0.2) is 27.7 Å². The van der Waals surface area contributed by atoms with E-state index in [0.717, 1.165) is 11.4 Å². The number of nitrogens with zero attached hydrogens (tertiary/aromatic N) is 3. The van der Waals surface area contributed by atoms with E-state index >= 15 is 0 Å². The van der Waals surface area contributed by atoms with Gasteiger partial charge >= 0.3 is 5.97 Å². The fraction of sp³-hybridized carbons (Fsp3) is 0.300. The highest BCUT2D eigenvalue weighted by Gasteiger charge is 2.11. The van der Waals surface area contributed by atoms with Crippen LogP contribution in [0.25, 0.3) is 5.65 Å². The Bertz CT molecular complexity index is 531. The molecule has 0 aliphatic rings. The molecule has 0 saturated carbocycles. The molecule has 78 valence electrons. The molecule has 0 bridgehead atoms. The number of aryl methyl sites for hydroxylation is 2. The van der Waals surface area contributed by atoms with Crippen molar-refractivity contribution in [1.29, 1.82) is 0 Å². The summed E-state index contributed by atoms with van der Waals surface area (Å²) in [7, 11) is 1.34. The molecule has 0 aliphatic carbocycles. The van der Waals surface area contributed by atoms with E-state index in [-0.39, 0.29) is 0 Å². The molecule has 0 unspecified atom stereocenters. The van der Waals surface area contributed by atoms with E-state index in [1.807, 2.05) is 19.9 Å². The van der Waals surface area contributed by atoms with Crippen LogP contribution in [0.15, 0.2) is 12.1 Å².